The predicted molar refractivity (Wildman–Crippen MR) is 479 cm³/mol. The van der Waals surface area contributed by atoms with Gasteiger partial charge in [-0.3, -0.25) is 0 Å². The zero-order valence-corrected chi connectivity index (χ0v) is 69.6. The largest absolute Gasteiger partial charge is 0.0587 e. The predicted octanol–water partition coefficient (Wildman–Crippen LogP) is 31.0. The third kappa shape index (κ3) is 24.8. The van der Waals surface area contributed by atoms with E-state index < -0.39 is 0 Å². The highest BCUT2D eigenvalue weighted by Crippen LogP contribution is 2.29. The fraction of sp³-hybridized carbons (Fsp3) is 0.222. The van der Waals surface area contributed by atoms with Gasteiger partial charge in [0.2, 0.25) is 0 Å². The molecule has 0 saturated carbocycles. The van der Waals surface area contributed by atoms with Crippen molar-refractivity contribution in [3.8, 4) is 44.5 Å². The average Bonchev–Trinajstić information content (AvgIpc) is 0.846. The van der Waals surface area contributed by atoms with E-state index >= 15 is 0 Å². The maximum atomic E-state index is 2.26. The first-order valence-corrected chi connectivity index (χ1v) is 38.4. The van der Waals surface area contributed by atoms with Gasteiger partial charge in [0.05, 0.1) is 0 Å². The van der Waals surface area contributed by atoms with Gasteiger partial charge in [-0.2, -0.15) is 0 Å². The van der Waals surface area contributed by atoms with E-state index in [2.05, 4.69) is 445 Å². The zero-order chi connectivity index (χ0) is 78.5. The van der Waals surface area contributed by atoms with E-state index in [0.29, 0.717) is 0 Å². The number of benzene rings is 15. The monoisotopic (exact) mass is 1410 g/mol. The molecule has 0 nitrogen and oxygen atoms in total. The van der Waals surface area contributed by atoms with Crippen molar-refractivity contribution in [2.75, 3.05) is 0 Å². The van der Waals surface area contributed by atoms with E-state index in [4.69, 9.17) is 0 Å². The summed E-state index contributed by atoms with van der Waals surface area (Å²) >= 11 is 0. The number of rotatable bonds is 4. The van der Waals surface area contributed by atoms with Crippen LogP contribution in [0.25, 0.3) is 76.8 Å². The lowest BCUT2D eigenvalue weighted by atomic mass is 9.98. The first kappa shape index (κ1) is 82.7. The molecule has 15 aromatic rings. The van der Waals surface area contributed by atoms with Gasteiger partial charge in [0.25, 0.3) is 0 Å². The molecule has 0 spiro atoms. The molecule has 0 radical (unpaired) electrons. The molecule has 0 aliphatic carbocycles. The van der Waals surface area contributed by atoms with Gasteiger partial charge in [-0.15, -0.1) is 0 Å². The average molecular weight is 1420 g/mol. The highest BCUT2D eigenvalue weighted by Gasteiger charge is 2.06. The summed E-state index contributed by atoms with van der Waals surface area (Å²) in [6.45, 7) is 51.4. The van der Waals surface area contributed by atoms with Crippen LogP contribution in [0.2, 0.25) is 0 Å². The molecule has 0 N–H and O–H groups in total. The highest BCUT2D eigenvalue weighted by atomic mass is 14.1. The summed E-state index contributed by atoms with van der Waals surface area (Å²) < 4.78 is 0. The molecule has 0 heteroatoms. The molecule has 0 bridgehead atoms. The minimum atomic E-state index is 1.30. The van der Waals surface area contributed by atoms with Gasteiger partial charge in [-0.1, -0.05) is 351 Å². The highest BCUT2D eigenvalue weighted by molar-refractivity contribution is 5.88. The number of hydrogen-bond donors (Lipinski definition) is 0. The molecule has 0 amide bonds. The summed E-state index contributed by atoms with van der Waals surface area (Å²) in [7, 11) is 0. The molecular formula is C108H118. The maximum Gasteiger partial charge on any atom is -0.0152 e. The van der Waals surface area contributed by atoms with Crippen LogP contribution in [0.1, 0.15) is 134 Å². The Kier molecular flexibility index (Phi) is 29.9. The molecule has 15 aromatic carbocycles. The van der Waals surface area contributed by atoms with E-state index in [-0.39, 0.29) is 0 Å². The van der Waals surface area contributed by atoms with Crippen LogP contribution in [0.3, 0.4) is 0 Å². The molecule has 0 aliphatic heterocycles. The Bertz CT molecular complexity index is 5150. The van der Waals surface area contributed by atoms with Gasteiger partial charge < -0.3 is 0 Å². The molecule has 0 heterocycles. The number of aryl methyl sites for hydroxylation is 24. The topological polar surface area (TPSA) is 0 Å². The number of fused-ring (bicyclic) bond motifs is 3. The van der Waals surface area contributed by atoms with Crippen LogP contribution in [0, 0.1) is 166 Å². The molecule has 0 atom stereocenters. The van der Waals surface area contributed by atoms with Crippen molar-refractivity contribution >= 4 is 32.3 Å². The Labute approximate surface area is 651 Å². The fourth-order valence-electron chi connectivity index (χ4n) is 13.4. The van der Waals surface area contributed by atoms with Crippen LogP contribution in [-0.2, 0) is 0 Å². The van der Waals surface area contributed by atoms with E-state index in [1.165, 1.54) is 210 Å². The van der Waals surface area contributed by atoms with Crippen LogP contribution >= 0.6 is 0 Å². The minimum Gasteiger partial charge on any atom is -0.0587 e. The molecule has 0 aromatic heterocycles. The lowest BCUT2D eigenvalue weighted by molar-refractivity contribution is 1.32. The van der Waals surface area contributed by atoms with Crippen molar-refractivity contribution < 1.29 is 0 Å². The second-order valence-corrected chi connectivity index (χ2v) is 30.7. The minimum absolute atomic E-state index is 1.30. The molecule has 0 fully saturated rings. The van der Waals surface area contributed by atoms with Crippen molar-refractivity contribution in [3.63, 3.8) is 0 Å². The van der Waals surface area contributed by atoms with Crippen molar-refractivity contribution in [1.82, 2.24) is 0 Å². The first-order valence-electron chi connectivity index (χ1n) is 38.4. The third-order valence-electron chi connectivity index (χ3n) is 20.3. The Morgan fingerprint density at radius 2 is 0.352 bits per heavy atom. The molecule has 0 saturated heterocycles. The second-order valence-electron chi connectivity index (χ2n) is 30.7. The van der Waals surface area contributed by atoms with Gasteiger partial charge in [0.1, 0.15) is 0 Å². The summed E-state index contributed by atoms with van der Waals surface area (Å²) in [6.07, 6.45) is 0. The van der Waals surface area contributed by atoms with E-state index in [9.17, 15) is 0 Å². The van der Waals surface area contributed by atoms with Gasteiger partial charge >= 0.3 is 0 Å². The Hall–Kier alpha value is -10.9. The fourth-order valence-corrected chi connectivity index (χ4v) is 13.4. The van der Waals surface area contributed by atoms with Crippen molar-refractivity contribution in [3.05, 3.63) is 413 Å². The van der Waals surface area contributed by atoms with Crippen LogP contribution in [0.5, 0.6) is 0 Å². The van der Waals surface area contributed by atoms with Gasteiger partial charge in [-0.05, 0) is 304 Å². The van der Waals surface area contributed by atoms with E-state index in [0.717, 1.165) is 0 Å². The summed E-state index contributed by atoms with van der Waals surface area (Å²) in [4.78, 5) is 0. The zero-order valence-electron chi connectivity index (χ0n) is 69.6. The summed E-state index contributed by atoms with van der Waals surface area (Å²) in [5.74, 6) is 0. The molecule has 108 heavy (non-hydrogen) atoms. The normalized spacial score (nSPS) is 10.4. The molecular weight excluding hydrogens is 1300 g/mol. The van der Waals surface area contributed by atoms with Crippen LogP contribution in [0.4, 0.5) is 0 Å². The summed E-state index contributed by atoms with van der Waals surface area (Å²) in [5, 5.41) is 8.11. The Morgan fingerprint density at radius 1 is 0.111 bits per heavy atom. The summed E-state index contributed by atoms with van der Waals surface area (Å²) in [5.41, 5.74) is 42.7. The maximum absolute atomic E-state index is 2.26. The van der Waals surface area contributed by atoms with E-state index in [1.807, 2.05) is 0 Å². The first-order chi connectivity index (χ1) is 51.3. The quantitative estimate of drug-likeness (QED) is 0.165. The van der Waals surface area contributed by atoms with Crippen molar-refractivity contribution in [2.45, 2.75) is 166 Å². The molecule has 15 rings (SSSR count). The number of hydrogen-bond acceptors (Lipinski definition) is 0. The molecule has 550 valence electrons. The van der Waals surface area contributed by atoms with Crippen molar-refractivity contribution in [2.24, 2.45) is 0 Å². The molecule has 0 unspecified atom stereocenters. The molecule has 0 aliphatic rings. The van der Waals surface area contributed by atoms with Gasteiger partial charge in [0.15, 0.2) is 0 Å². The van der Waals surface area contributed by atoms with Gasteiger partial charge in [-0.25, -0.2) is 0 Å². The van der Waals surface area contributed by atoms with Crippen LogP contribution < -0.4 is 0 Å². The smallest absolute Gasteiger partial charge is 0.0152 e. The van der Waals surface area contributed by atoms with Crippen molar-refractivity contribution in [1.29, 1.82) is 0 Å². The van der Waals surface area contributed by atoms with Crippen LogP contribution in [0.15, 0.2) is 279 Å². The van der Waals surface area contributed by atoms with Gasteiger partial charge in [0, 0.05) is 0 Å². The lowest BCUT2D eigenvalue weighted by Gasteiger charge is -2.07. The van der Waals surface area contributed by atoms with Crippen LogP contribution in [-0.4, -0.2) is 0 Å². The van der Waals surface area contributed by atoms with E-state index in [1.54, 1.807) is 0 Å². The second kappa shape index (κ2) is 39.1. The summed E-state index contributed by atoms with van der Waals surface area (Å²) in [6, 6.07) is 101. The Morgan fingerprint density at radius 3 is 0.685 bits per heavy atom. The third-order valence-corrected chi connectivity index (χ3v) is 20.3. The Balaban J connectivity index is 0.000000156. The SMILES string of the molecule is Cc1cc(C)c2cc(C)ccc2c1.Cc1cc(C)cc(C)c1.Cc1ccc(-c2ccc(C)c(C)c2)cc1.Cc1ccc(-c2ccc(C)c(C)c2)cc1.Cc1ccc(-c2ccc(C)cc2C)cc1.Cc1ccc(-c2ccc(C)cc2C)cc1.Cc1ccc2cc(C)c(C)cc2c1.Cc1ccc2cc(C)c(C)cc2c1. The lowest BCUT2D eigenvalue weighted by Crippen LogP contribution is -1.84. The standard InChI is InChI=1S/4C15H16.3C13H14.C9H12/c2*1-11-4-7-14(8-5-11)15-9-6-12(2)13(3)10-15;2*1-11-4-7-14(8-5-11)15-9-6-12(2)10-13(15)3;1-9-4-5-12-7-10(2)6-11(3)13(12)8-9;2*1-9-4-5-12-7-10(2)11(3)8-13(12)6-9;1-7-4-8(2)6-9(3)5-7/h4*4-10H,1-3H3;3*4-8H,1-3H3;4-6H,1-3H3.